The second-order valence-corrected chi connectivity index (χ2v) is 5.17. The summed E-state index contributed by atoms with van der Waals surface area (Å²) in [7, 11) is 0. The molecule has 0 saturated heterocycles. The number of benzene rings is 1. The summed E-state index contributed by atoms with van der Waals surface area (Å²) in [5.41, 5.74) is 3.37. The Kier molecular flexibility index (Phi) is 2.32. The highest BCUT2D eigenvalue weighted by Gasteiger charge is 2.32. The van der Waals surface area contributed by atoms with Gasteiger partial charge in [-0.25, -0.2) is 0 Å². The molecule has 2 aromatic rings. The lowest BCUT2D eigenvalue weighted by molar-refractivity contribution is 0.112. The Labute approximate surface area is 101 Å². The van der Waals surface area contributed by atoms with Crippen LogP contribution >= 0.6 is 0 Å². The largest absolute Gasteiger partial charge is 0.341 e. The highest BCUT2D eigenvalue weighted by atomic mass is 16.1. The van der Waals surface area contributed by atoms with Crippen molar-refractivity contribution in [3.05, 3.63) is 35.5 Å². The van der Waals surface area contributed by atoms with E-state index < -0.39 is 0 Å². The van der Waals surface area contributed by atoms with Crippen LogP contribution < -0.4 is 0 Å². The fourth-order valence-electron chi connectivity index (χ4n) is 2.76. The molecule has 2 nitrogen and oxygen atoms in total. The number of hydrogen-bond acceptors (Lipinski definition) is 1. The molecule has 1 heterocycles. The average molecular weight is 227 g/mol. The molecule has 0 bridgehead atoms. The second-order valence-electron chi connectivity index (χ2n) is 5.17. The molecule has 0 aliphatic heterocycles. The van der Waals surface area contributed by atoms with E-state index in [4.69, 9.17) is 0 Å². The molecule has 1 aromatic heterocycles. The molecule has 17 heavy (non-hydrogen) atoms. The summed E-state index contributed by atoms with van der Waals surface area (Å²) in [6.07, 6.45) is 3.49. The molecule has 0 N–H and O–H groups in total. The van der Waals surface area contributed by atoms with Gasteiger partial charge in [-0.1, -0.05) is 18.2 Å². The summed E-state index contributed by atoms with van der Waals surface area (Å²) < 4.78 is 2.34. The van der Waals surface area contributed by atoms with E-state index in [2.05, 4.69) is 30.5 Å². The van der Waals surface area contributed by atoms with E-state index in [0.717, 1.165) is 17.2 Å². The first-order valence-corrected chi connectivity index (χ1v) is 6.32. The van der Waals surface area contributed by atoms with Gasteiger partial charge in [0, 0.05) is 34.1 Å². The monoisotopic (exact) mass is 227 g/mol. The molecule has 1 aliphatic carbocycles. The Hall–Kier alpha value is -1.57. The number of nitrogens with zero attached hydrogens (tertiary/aromatic N) is 1. The minimum Gasteiger partial charge on any atom is -0.341 e. The van der Waals surface area contributed by atoms with Gasteiger partial charge >= 0.3 is 0 Å². The predicted octanol–water partition coefficient (Wildman–Crippen LogP) is 3.91. The fourth-order valence-corrected chi connectivity index (χ4v) is 2.76. The van der Waals surface area contributed by atoms with Gasteiger partial charge in [0.15, 0.2) is 6.29 Å². The Morgan fingerprint density at radius 3 is 2.59 bits per heavy atom. The first-order valence-electron chi connectivity index (χ1n) is 6.32. The van der Waals surface area contributed by atoms with Crippen LogP contribution in [-0.2, 0) is 0 Å². The van der Waals surface area contributed by atoms with Crippen molar-refractivity contribution in [3.8, 4) is 0 Å². The van der Waals surface area contributed by atoms with E-state index >= 15 is 0 Å². The summed E-state index contributed by atoms with van der Waals surface area (Å²) in [5.74, 6) is 0.602. The summed E-state index contributed by atoms with van der Waals surface area (Å²) in [6, 6.07) is 8.64. The Morgan fingerprint density at radius 2 is 2.00 bits per heavy atom. The number of fused-ring (bicyclic) bond motifs is 1. The van der Waals surface area contributed by atoms with E-state index in [9.17, 15) is 4.79 Å². The molecule has 2 heteroatoms. The number of aldehydes is 1. The van der Waals surface area contributed by atoms with E-state index in [-0.39, 0.29) is 0 Å². The Balaban J connectivity index is 2.40. The van der Waals surface area contributed by atoms with E-state index in [0.29, 0.717) is 12.0 Å². The van der Waals surface area contributed by atoms with Crippen molar-refractivity contribution in [2.45, 2.75) is 38.6 Å². The number of hydrogen-bond donors (Lipinski definition) is 0. The van der Waals surface area contributed by atoms with Crippen molar-refractivity contribution in [2.24, 2.45) is 0 Å². The lowest BCUT2D eigenvalue weighted by Crippen LogP contribution is -2.05. The molecule has 0 atom stereocenters. The molecule has 3 rings (SSSR count). The van der Waals surface area contributed by atoms with Crippen molar-refractivity contribution >= 4 is 17.2 Å². The smallest absolute Gasteiger partial charge is 0.152 e. The van der Waals surface area contributed by atoms with Crippen LogP contribution in [0.2, 0.25) is 0 Å². The standard InChI is InChI=1S/C15H17NO/c1-10(2)16-14-6-4-3-5-12(14)13(9-17)15(16)11-7-8-11/h3-6,9-11H,7-8H2,1-2H3. The maximum absolute atomic E-state index is 11.4. The highest BCUT2D eigenvalue weighted by Crippen LogP contribution is 2.45. The van der Waals surface area contributed by atoms with Gasteiger partial charge in [-0.3, -0.25) is 4.79 Å². The second kappa shape index (κ2) is 3.73. The van der Waals surface area contributed by atoms with Gasteiger partial charge in [0.05, 0.1) is 0 Å². The molecule has 0 radical (unpaired) electrons. The molecule has 1 aromatic carbocycles. The zero-order valence-corrected chi connectivity index (χ0v) is 10.3. The predicted molar refractivity (Wildman–Crippen MR) is 69.7 cm³/mol. The van der Waals surface area contributed by atoms with Crippen LogP contribution in [0, 0.1) is 0 Å². The van der Waals surface area contributed by atoms with Gasteiger partial charge in [0.25, 0.3) is 0 Å². The van der Waals surface area contributed by atoms with Crippen LogP contribution in [0.5, 0.6) is 0 Å². The maximum Gasteiger partial charge on any atom is 0.152 e. The average Bonchev–Trinajstić information content (AvgIpc) is 3.09. The van der Waals surface area contributed by atoms with E-state index in [1.54, 1.807) is 0 Å². The summed E-state index contributed by atoms with van der Waals surface area (Å²) in [5, 5.41) is 1.11. The lowest BCUT2D eigenvalue weighted by atomic mass is 10.1. The molecule has 0 amide bonds. The normalized spacial score (nSPS) is 15.7. The number of aromatic nitrogens is 1. The minimum absolute atomic E-state index is 0.407. The van der Waals surface area contributed by atoms with Gasteiger partial charge in [-0.2, -0.15) is 0 Å². The molecule has 0 spiro atoms. The van der Waals surface area contributed by atoms with Crippen LogP contribution in [0.1, 0.15) is 54.7 Å². The first kappa shape index (κ1) is 10.6. The number of para-hydroxylation sites is 1. The first-order chi connectivity index (χ1) is 8.24. The van der Waals surface area contributed by atoms with Gasteiger partial charge < -0.3 is 4.57 Å². The summed E-state index contributed by atoms with van der Waals surface area (Å²) >= 11 is 0. The third kappa shape index (κ3) is 1.51. The molecule has 1 aliphatic rings. The quantitative estimate of drug-likeness (QED) is 0.728. The van der Waals surface area contributed by atoms with Crippen molar-refractivity contribution in [1.29, 1.82) is 0 Å². The topological polar surface area (TPSA) is 22.0 Å². The maximum atomic E-state index is 11.4. The van der Waals surface area contributed by atoms with Crippen molar-refractivity contribution in [2.75, 3.05) is 0 Å². The van der Waals surface area contributed by atoms with Crippen molar-refractivity contribution < 1.29 is 4.79 Å². The van der Waals surface area contributed by atoms with Crippen LogP contribution in [0.3, 0.4) is 0 Å². The molecular weight excluding hydrogens is 210 g/mol. The van der Waals surface area contributed by atoms with Crippen LogP contribution in [0.15, 0.2) is 24.3 Å². The summed E-state index contributed by atoms with van der Waals surface area (Å²) in [6.45, 7) is 4.37. The fraction of sp³-hybridized carbons (Fsp3) is 0.400. The third-order valence-electron chi connectivity index (χ3n) is 3.59. The van der Waals surface area contributed by atoms with Crippen LogP contribution in [-0.4, -0.2) is 10.9 Å². The highest BCUT2D eigenvalue weighted by molar-refractivity contribution is 5.99. The molecular formula is C15H17NO. The lowest BCUT2D eigenvalue weighted by Gasteiger charge is -2.14. The Bertz CT molecular complexity index is 576. The summed E-state index contributed by atoms with van der Waals surface area (Å²) in [4.78, 5) is 11.4. The molecule has 0 unspecified atom stereocenters. The SMILES string of the molecule is CC(C)n1c(C2CC2)c(C=O)c2ccccc21. The van der Waals surface area contributed by atoms with Gasteiger partial charge in [0.1, 0.15) is 0 Å². The molecule has 1 fully saturated rings. The molecule has 88 valence electrons. The van der Waals surface area contributed by atoms with Gasteiger partial charge in [0.2, 0.25) is 0 Å². The van der Waals surface area contributed by atoms with E-state index in [1.165, 1.54) is 24.1 Å². The number of carbonyl (C=O) groups excluding carboxylic acids is 1. The van der Waals surface area contributed by atoms with Crippen LogP contribution in [0.4, 0.5) is 0 Å². The van der Waals surface area contributed by atoms with Crippen molar-refractivity contribution in [3.63, 3.8) is 0 Å². The zero-order chi connectivity index (χ0) is 12.0. The molecule has 1 saturated carbocycles. The Morgan fingerprint density at radius 1 is 1.29 bits per heavy atom. The van der Waals surface area contributed by atoms with Gasteiger partial charge in [-0.05, 0) is 32.8 Å². The van der Waals surface area contributed by atoms with E-state index in [1.807, 2.05) is 12.1 Å². The number of carbonyl (C=O) groups is 1. The minimum atomic E-state index is 0.407. The zero-order valence-electron chi connectivity index (χ0n) is 10.3. The number of rotatable bonds is 3. The third-order valence-corrected chi connectivity index (χ3v) is 3.59. The van der Waals surface area contributed by atoms with Crippen LogP contribution in [0.25, 0.3) is 10.9 Å². The van der Waals surface area contributed by atoms with Gasteiger partial charge in [-0.15, -0.1) is 0 Å². The van der Waals surface area contributed by atoms with Crippen molar-refractivity contribution in [1.82, 2.24) is 4.57 Å².